The number of aromatic hydroxyl groups is 4. The summed E-state index contributed by atoms with van der Waals surface area (Å²) in [5.41, 5.74) is 3.19. The second-order valence-corrected chi connectivity index (χ2v) is 26.0. The van der Waals surface area contributed by atoms with Crippen LogP contribution in [0, 0.1) is 0 Å². The normalized spacial score (nSPS) is 13.0. The zero-order valence-electron chi connectivity index (χ0n) is 58.6. The van der Waals surface area contributed by atoms with Gasteiger partial charge in [-0.25, -0.2) is 0 Å². The summed E-state index contributed by atoms with van der Waals surface area (Å²) in [6.45, 7) is 12.8. The van der Waals surface area contributed by atoms with E-state index in [2.05, 4.69) is 27.7 Å². The number of phenolic OH excluding ortho intramolecular Hbond substituents is 4. The zero-order chi connectivity index (χ0) is 66.7. The number of ether oxygens (including phenoxy) is 4. The summed E-state index contributed by atoms with van der Waals surface area (Å²) in [6, 6.07) is 21.7. The van der Waals surface area contributed by atoms with Gasteiger partial charge in [0.2, 0.25) is 0 Å². The Morgan fingerprint density at radius 1 is 0.300 bits per heavy atom. The summed E-state index contributed by atoms with van der Waals surface area (Å²) in [4.78, 5) is 0. The summed E-state index contributed by atoms with van der Waals surface area (Å²) in [7, 11) is 6.22. The number of hydrogen-bond acceptors (Lipinski definition) is 12. The topological polar surface area (TPSA) is 199 Å². The molecule has 4 aromatic carbocycles. The van der Waals surface area contributed by atoms with Crippen LogP contribution in [0.2, 0.25) is 0 Å². The van der Waals surface area contributed by atoms with Crippen LogP contribution in [0.4, 0.5) is 0 Å². The third-order valence-electron chi connectivity index (χ3n) is 17.3. The number of benzene rings is 4. The number of rotatable bonds is 48. The van der Waals surface area contributed by atoms with Crippen molar-refractivity contribution in [1.82, 2.24) is 0 Å². The third-order valence-corrected chi connectivity index (χ3v) is 17.3. The summed E-state index contributed by atoms with van der Waals surface area (Å²) < 4.78 is 20.5. The van der Waals surface area contributed by atoms with Gasteiger partial charge in [-0.05, 0) is 168 Å². The molecule has 0 heterocycles. The van der Waals surface area contributed by atoms with E-state index in [1.165, 1.54) is 147 Å². The Labute approximate surface area is 548 Å². The summed E-state index contributed by atoms with van der Waals surface area (Å²) >= 11 is 0. The van der Waals surface area contributed by atoms with Crippen LogP contribution in [0.3, 0.4) is 0 Å². The molecule has 0 amide bonds. The molecular formula is C78H132O12. The Morgan fingerprint density at radius 2 is 0.544 bits per heavy atom. The van der Waals surface area contributed by atoms with Crippen LogP contribution in [0.5, 0.6) is 46.0 Å². The van der Waals surface area contributed by atoms with Crippen LogP contribution >= 0.6 is 0 Å². The lowest BCUT2D eigenvalue weighted by atomic mass is 9.91. The molecule has 4 unspecified atom stereocenters. The summed E-state index contributed by atoms with van der Waals surface area (Å²) in [6.07, 6.45) is 44.8. The Balaban J connectivity index is 0.000000600. The molecule has 0 radical (unpaired) electrons. The average Bonchev–Trinajstić information content (AvgIpc) is 3.65. The van der Waals surface area contributed by atoms with Crippen LogP contribution in [-0.2, 0) is 25.7 Å². The van der Waals surface area contributed by atoms with E-state index < -0.39 is 11.2 Å². The molecule has 516 valence electrons. The van der Waals surface area contributed by atoms with Gasteiger partial charge in [-0.2, -0.15) is 0 Å². The number of aliphatic hydroxyl groups excluding tert-OH is 2. The number of aliphatic hydroxyl groups is 4. The second-order valence-electron chi connectivity index (χ2n) is 26.0. The van der Waals surface area contributed by atoms with Crippen molar-refractivity contribution in [3.05, 3.63) is 95.1 Å². The molecule has 0 spiro atoms. The third kappa shape index (κ3) is 42.3. The van der Waals surface area contributed by atoms with Gasteiger partial charge in [0.1, 0.15) is 0 Å². The zero-order valence-corrected chi connectivity index (χ0v) is 58.6. The van der Waals surface area contributed by atoms with Crippen molar-refractivity contribution in [3.63, 3.8) is 0 Å². The molecule has 0 saturated heterocycles. The Bertz CT molecular complexity index is 2330. The Morgan fingerprint density at radius 3 is 0.844 bits per heavy atom. The van der Waals surface area contributed by atoms with E-state index in [-0.39, 0.29) is 35.2 Å². The lowest BCUT2D eigenvalue weighted by Crippen LogP contribution is -2.24. The lowest BCUT2D eigenvalue weighted by Gasteiger charge is -2.23. The van der Waals surface area contributed by atoms with E-state index in [1.54, 1.807) is 52.7 Å². The van der Waals surface area contributed by atoms with E-state index in [4.69, 9.17) is 18.9 Å². The summed E-state index contributed by atoms with van der Waals surface area (Å²) in [5.74, 6) is 2.68. The SMILES string of the molecule is CCCCCCCC(O)CCCCc1ccc(O)c(OC)c1.CCCCCCCCC(C)(O)CCc1ccc(O)c(OC)c1.CCCCCCCCCC(O)CCc1ccc(O)c(OC)c1.CCCCCCCCCCC(C)(O)CCc1ccc(O)c(OC)c1. The van der Waals surface area contributed by atoms with Gasteiger partial charge < -0.3 is 59.8 Å². The number of aryl methyl sites for hydroxylation is 4. The average molecular weight is 1260 g/mol. The van der Waals surface area contributed by atoms with Crippen molar-refractivity contribution in [2.24, 2.45) is 0 Å². The molecule has 4 aromatic rings. The number of hydrogen-bond donors (Lipinski definition) is 8. The molecule has 12 heteroatoms. The van der Waals surface area contributed by atoms with Crippen LogP contribution < -0.4 is 18.9 Å². The van der Waals surface area contributed by atoms with E-state index in [9.17, 15) is 40.9 Å². The molecule has 90 heavy (non-hydrogen) atoms. The van der Waals surface area contributed by atoms with Crippen molar-refractivity contribution in [1.29, 1.82) is 0 Å². The lowest BCUT2D eigenvalue weighted by molar-refractivity contribution is 0.0390. The molecule has 12 nitrogen and oxygen atoms in total. The first-order valence-electron chi connectivity index (χ1n) is 35.5. The number of methoxy groups -OCH3 is 4. The van der Waals surface area contributed by atoms with Crippen molar-refractivity contribution in [2.45, 2.75) is 322 Å². The largest absolute Gasteiger partial charge is 0.504 e. The van der Waals surface area contributed by atoms with E-state index in [1.807, 2.05) is 62.4 Å². The van der Waals surface area contributed by atoms with E-state index in [0.29, 0.717) is 23.0 Å². The van der Waals surface area contributed by atoms with Gasteiger partial charge in [0.25, 0.3) is 0 Å². The first-order chi connectivity index (χ1) is 43.3. The van der Waals surface area contributed by atoms with Crippen LogP contribution in [0.1, 0.15) is 295 Å². The fourth-order valence-corrected chi connectivity index (χ4v) is 11.2. The highest BCUT2D eigenvalue weighted by Gasteiger charge is 2.21. The highest BCUT2D eigenvalue weighted by molar-refractivity contribution is 5.44. The Hall–Kier alpha value is -4.88. The standard InChI is InChI=1S/C21H36O3.3C19H32O3/c1-4-5-6-7-8-9-10-11-15-21(2,23)16-14-18-12-13-19(22)20(17-18)24-3;1-4-5-6-7-8-9-13-19(2,21)14-12-16-10-11-17(20)18(15-16)22-3;1-3-4-5-6-7-11-17(20)12-9-8-10-16-13-14-18(21)19(15-16)22-2;1-3-4-5-6-7-8-9-10-17(20)13-11-16-12-14-18(21)19(15-16)22-2/h12-13,17,22-23H,4-11,14-16H2,1-3H3;10-11,15,20-21H,4-9,12-14H2,1-3H3;13-15,17,20-21H,3-12H2,1-2H3;12,14-15,17,20-21H,3-11,13H2,1-2H3. The first kappa shape index (κ1) is 83.1. The molecule has 0 bridgehead atoms. The monoisotopic (exact) mass is 1260 g/mol. The van der Waals surface area contributed by atoms with Gasteiger partial charge in [-0.15, -0.1) is 0 Å². The molecular weight excluding hydrogens is 1130 g/mol. The van der Waals surface area contributed by atoms with Crippen LogP contribution in [0.25, 0.3) is 0 Å². The number of phenols is 4. The van der Waals surface area contributed by atoms with Gasteiger partial charge in [0, 0.05) is 0 Å². The van der Waals surface area contributed by atoms with Crippen molar-refractivity contribution >= 4 is 0 Å². The molecule has 0 aliphatic heterocycles. The predicted molar refractivity (Wildman–Crippen MR) is 376 cm³/mol. The summed E-state index contributed by atoms with van der Waals surface area (Å²) in [5, 5.41) is 79.4. The molecule has 0 aliphatic rings. The van der Waals surface area contributed by atoms with Crippen molar-refractivity contribution in [3.8, 4) is 46.0 Å². The maximum atomic E-state index is 10.5. The molecule has 0 aromatic heterocycles. The predicted octanol–water partition coefficient (Wildman–Crippen LogP) is 20.1. The van der Waals surface area contributed by atoms with Gasteiger partial charge in [-0.1, -0.05) is 225 Å². The van der Waals surface area contributed by atoms with Crippen LogP contribution in [-0.4, -0.2) is 92.7 Å². The molecule has 0 fully saturated rings. The first-order valence-corrected chi connectivity index (χ1v) is 35.5. The minimum atomic E-state index is -0.618. The molecule has 4 rings (SSSR count). The minimum absolute atomic E-state index is 0.143. The smallest absolute Gasteiger partial charge is 0.160 e. The number of unbranched alkanes of at least 4 members (excludes halogenated alkanes) is 23. The van der Waals surface area contributed by atoms with Gasteiger partial charge in [0.15, 0.2) is 46.0 Å². The second kappa shape index (κ2) is 52.6. The molecule has 4 atom stereocenters. The maximum absolute atomic E-state index is 10.5. The molecule has 8 N–H and O–H groups in total. The fraction of sp³-hybridized carbons (Fsp3) is 0.692. The van der Waals surface area contributed by atoms with Crippen LogP contribution in [0.15, 0.2) is 72.8 Å². The van der Waals surface area contributed by atoms with E-state index >= 15 is 0 Å². The molecule has 0 aliphatic carbocycles. The Kier molecular flexibility index (Phi) is 48.6. The van der Waals surface area contributed by atoms with Gasteiger partial charge in [0.05, 0.1) is 51.8 Å². The van der Waals surface area contributed by atoms with E-state index in [0.717, 1.165) is 132 Å². The highest BCUT2D eigenvalue weighted by Crippen LogP contribution is 2.32. The fourth-order valence-electron chi connectivity index (χ4n) is 11.2. The van der Waals surface area contributed by atoms with Crippen molar-refractivity contribution in [2.75, 3.05) is 28.4 Å². The quantitative estimate of drug-likeness (QED) is 0.0195. The maximum Gasteiger partial charge on any atom is 0.160 e. The van der Waals surface area contributed by atoms with Crippen molar-refractivity contribution < 1.29 is 59.8 Å². The van der Waals surface area contributed by atoms with Gasteiger partial charge >= 0.3 is 0 Å². The van der Waals surface area contributed by atoms with Gasteiger partial charge in [-0.3, -0.25) is 0 Å². The minimum Gasteiger partial charge on any atom is -0.504 e. The molecule has 0 saturated carbocycles. The highest BCUT2D eigenvalue weighted by atomic mass is 16.5.